The molecule has 4 aliphatic rings. The molecule has 18 heteroatoms. The zero-order valence-electron chi connectivity index (χ0n) is 39.1. The summed E-state index contributed by atoms with van der Waals surface area (Å²) in [4.78, 5) is 58.2. The molecule has 1 spiro atoms. The summed E-state index contributed by atoms with van der Waals surface area (Å²) in [7, 11) is -1.04. The molecule has 1 aliphatic carbocycles. The second kappa shape index (κ2) is 19.2. The van der Waals surface area contributed by atoms with E-state index < -0.39 is 38.8 Å². The summed E-state index contributed by atoms with van der Waals surface area (Å²) in [6.45, 7) is 7.48. The molecule has 6 heterocycles. The summed E-state index contributed by atoms with van der Waals surface area (Å²) < 4.78 is 57.3. The average Bonchev–Trinajstić information content (AvgIpc) is 4.00. The van der Waals surface area contributed by atoms with Crippen LogP contribution in [0.4, 0.5) is 15.8 Å². The monoisotopic (exact) mass is 949 g/mol. The first-order chi connectivity index (χ1) is 32.6. The molecule has 2 aromatic carbocycles. The van der Waals surface area contributed by atoms with Crippen LogP contribution in [0.25, 0.3) is 11.0 Å². The van der Waals surface area contributed by atoms with Gasteiger partial charge in [-0.15, -0.1) is 4.91 Å². The number of benzene rings is 2. The van der Waals surface area contributed by atoms with Gasteiger partial charge < -0.3 is 29.2 Å². The van der Waals surface area contributed by atoms with E-state index in [1.165, 1.54) is 49.1 Å². The standard InChI is InChI=1S/C50H60FN9O7S/c1-33(2)39-8-5-6-9-40(39)42-10-7-19-60(42)36-27-49(28-36)14-20-58(21-15-49)35-25-44(67-37-24-34-13-18-52-47(34)54-30-37)46(53-29-35)48(62)56-68(64,65)38-11-12-43(41(26-38)55-63)66-32-50(51)16-22-59(23-17-50)45(61)31-57(3)4/h5-6,8-9,11-13,18,24-26,29-30,33,36,42H,7,10,14-17,19-23,27-28,31-32H2,1-4H3,(H,52,54)(H,56,62). The molecule has 3 saturated heterocycles. The van der Waals surface area contributed by atoms with Crippen LogP contribution in [0, 0.1) is 10.3 Å². The van der Waals surface area contributed by atoms with Crippen LogP contribution in [-0.4, -0.2) is 122 Å². The van der Waals surface area contributed by atoms with Crippen LogP contribution in [0.1, 0.15) is 98.8 Å². The lowest BCUT2D eigenvalue weighted by Gasteiger charge is -2.56. The average molecular weight is 950 g/mol. The first-order valence-corrected chi connectivity index (χ1v) is 25.1. The number of hydrogen-bond donors (Lipinski definition) is 2. The van der Waals surface area contributed by atoms with Crippen LogP contribution in [0.2, 0.25) is 0 Å². The first kappa shape index (κ1) is 47.1. The fraction of sp³-hybridized carbons (Fsp3) is 0.480. The van der Waals surface area contributed by atoms with Crippen molar-refractivity contribution in [2.75, 3.05) is 64.9 Å². The van der Waals surface area contributed by atoms with Gasteiger partial charge in [0.15, 0.2) is 17.1 Å². The Labute approximate surface area is 396 Å². The topological polar surface area (TPSA) is 183 Å². The summed E-state index contributed by atoms with van der Waals surface area (Å²) in [5.41, 5.74) is 2.14. The van der Waals surface area contributed by atoms with Crippen LogP contribution < -0.4 is 19.1 Å². The van der Waals surface area contributed by atoms with E-state index in [-0.39, 0.29) is 61.0 Å². The zero-order chi connectivity index (χ0) is 47.8. The summed E-state index contributed by atoms with van der Waals surface area (Å²) in [5, 5.41) is 3.72. The maximum atomic E-state index is 15.8. The third-order valence-corrected chi connectivity index (χ3v) is 15.8. The molecule has 2 amide bonds. The number of rotatable bonds is 15. The number of carbonyl (C=O) groups is 2. The van der Waals surface area contributed by atoms with Crippen LogP contribution in [0.3, 0.4) is 0 Å². The molecule has 2 N–H and O–H groups in total. The molecule has 4 fully saturated rings. The quantitative estimate of drug-likeness (QED) is 0.0961. The summed E-state index contributed by atoms with van der Waals surface area (Å²) in [6, 6.07) is 18.6. The van der Waals surface area contributed by atoms with Crippen LogP contribution in [-0.2, 0) is 14.8 Å². The molecule has 9 rings (SSSR count). The Balaban J connectivity index is 0.869. The molecule has 0 bridgehead atoms. The van der Waals surface area contributed by atoms with E-state index in [2.05, 4.69) is 72.8 Å². The van der Waals surface area contributed by atoms with E-state index in [0.29, 0.717) is 29.4 Å². The first-order valence-electron chi connectivity index (χ1n) is 23.6. The predicted molar refractivity (Wildman–Crippen MR) is 257 cm³/mol. The van der Waals surface area contributed by atoms with Crippen LogP contribution in [0.5, 0.6) is 17.2 Å². The van der Waals surface area contributed by atoms with Crippen LogP contribution in [0.15, 0.2) is 89.3 Å². The number of aromatic amines is 1. The minimum Gasteiger partial charge on any atom is -0.488 e. The van der Waals surface area contributed by atoms with Crippen molar-refractivity contribution in [1.29, 1.82) is 0 Å². The number of nitroso groups, excluding NO2 is 1. The highest BCUT2D eigenvalue weighted by atomic mass is 32.2. The number of likely N-dealkylation sites (tertiary alicyclic amines) is 2. The number of aromatic nitrogens is 3. The Kier molecular flexibility index (Phi) is 13.3. The Bertz CT molecular complexity index is 2780. The van der Waals surface area contributed by atoms with E-state index in [9.17, 15) is 22.9 Å². The van der Waals surface area contributed by atoms with Gasteiger partial charge in [0.05, 0.1) is 29.5 Å². The maximum absolute atomic E-state index is 15.8. The Hall–Kier alpha value is -5.98. The minimum absolute atomic E-state index is 0.0280. The molecule has 3 aliphatic heterocycles. The third kappa shape index (κ3) is 9.94. The number of pyridine rings is 2. The highest BCUT2D eigenvalue weighted by Crippen LogP contribution is 2.54. The lowest BCUT2D eigenvalue weighted by molar-refractivity contribution is -0.134. The third-order valence-electron chi connectivity index (χ3n) is 14.4. The van der Waals surface area contributed by atoms with Gasteiger partial charge in [0.25, 0.3) is 15.9 Å². The highest BCUT2D eigenvalue weighted by Gasteiger charge is 2.50. The number of piperidine rings is 2. The van der Waals surface area contributed by atoms with Gasteiger partial charge in [0.2, 0.25) is 5.91 Å². The van der Waals surface area contributed by atoms with Crippen molar-refractivity contribution in [3.8, 4) is 17.2 Å². The van der Waals surface area contributed by atoms with Gasteiger partial charge >= 0.3 is 0 Å². The molecular formula is C50H60FN9O7S. The number of nitrogens with one attached hydrogen (secondary N) is 2. The summed E-state index contributed by atoms with van der Waals surface area (Å²) in [6.07, 6.45) is 11.7. The van der Waals surface area contributed by atoms with Crippen molar-refractivity contribution in [3.63, 3.8) is 0 Å². The van der Waals surface area contributed by atoms with Crippen molar-refractivity contribution in [1.82, 2.24) is 34.4 Å². The number of hydrogen-bond acceptors (Lipinski definition) is 13. The van der Waals surface area contributed by atoms with Gasteiger partial charge in [-0.25, -0.2) is 27.5 Å². The Morgan fingerprint density at radius 2 is 1.72 bits per heavy atom. The zero-order valence-corrected chi connectivity index (χ0v) is 39.9. The van der Waals surface area contributed by atoms with Crippen molar-refractivity contribution in [2.45, 2.75) is 93.8 Å². The Morgan fingerprint density at radius 3 is 2.46 bits per heavy atom. The molecule has 68 heavy (non-hydrogen) atoms. The molecule has 5 aromatic rings. The summed E-state index contributed by atoms with van der Waals surface area (Å²) >= 11 is 0. The number of fused-ring (bicyclic) bond motifs is 1. The second-order valence-electron chi connectivity index (χ2n) is 19.7. The van der Waals surface area contributed by atoms with Gasteiger partial charge in [-0.05, 0) is 117 Å². The SMILES string of the molecule is CC(C)c1ccccc1C1CCCN1C1CC2(CCN(c3cnc(C(=O)NS(=O)(=O)c4ccc(OCC5(F)CCN(C(=O)CN(C)C)CC5)c(N=O)c4)c(Oc4cnc5[nH]ccc5c4)c3)CC2)C1. The number of sulfonamides is 1. The van der Waals surface area contributed by atoms with Crippen molar-refractivity contribution >= 4 is 44.2 Å². The number of halogens is 1. The number of alkyl halides is 1. The molecule has 16 nitrogen and oxygen atoms in total. The summed E-state index contributed by atoms with van der Waals surface area (Å²) in [5.74, 6) is -0.454. The maximum Gasteiger partial charge on any atom is 0.287 e. The normalized spacial score (nSPS) is 19.7. The fourth-order valence-corrected chi connectivity index (χ4v) is 11.6. The predicted octanol–water partition coefficient (Wildman–Crippen LogP) is 8.25. The van der Waals surface area contributed by atoms with Gasteiger partial charge in [0.1, 0.15) is 29.4 Å². The molecule has 1 atom stereocenters. The van der Waals surface area contributed by atoms with Gasteiger partial charge in [0, 0.05) is 68.8 Å². The van der Waals surface area contributed by atoms with Gasteiger partial charge in [-0.1, -0.05) is 38.1 Å². The number of amides is 2. The van der Waals surface area contributed by atoms with Crippen molar-refractivity contribution < 1.29 is 31.9 Å². The Morgan fingerprint density at radius 1 is 0.956 bits per heavy atom. The van der Waals surface area contributed by atoms with E-state index >= 15 is 4.39 Å². The van der Waals surface area contributed by atoms with Gasteiger partial charge in [-0.2, -0.15) is 0 Å². The number of anilines is 1. The van der Waals surface area contributed by atoms with Gasteiger partial charge in [-0.3, -0.25) is 14.5 Å². The van der Waals surface area contributed by atoms with Crippen LogP contribution >= 0.6 is 0 Å². The fourth-order valence-electron chi connectivity index (χ4n) is 10.6. The molecular weight excluding hydrogens is 890 g/mol. The van der Waals surface area contributed by atoms with Crippen molar-refractivity contribution in [3.05, 3.63) is 101 Å². The van der Waals surface area contributed by atoms with E-state index in [0.717, 1.165) is 55.7 Å². The minimum atomic E-state index is -4.61. The van der Waals surface area contributed by atoms with E-state index in [1.807, 2.05) is 6.07 Å². The number of carbonyl (C=O) groups excluding carboxylic acids is 2. The lowest BCUT2D eigenvalue weighted by Crippen LogP contribution is -2.55. The number of likely N-dealkylation sites (N-methyl/N-ethyl adjacent to an activating group) is 1. The number of nitrogens with zero attached hydrogens (tertiary/aromatic N) is 7. The highest BCUT2D eigenvalue weighted by molar-refractivity contribution is 7.90. The number of ether oxygens (including phenoxy) is 2. The second-order valence-corrected chi connectivity index (χ2v) is 21.4. The largest absolute Gasteiger partial charge is 0.488 e. The van der Waals surface area contributed by atoms with Crippen molar-refractivity contribution in [2.24, 2.45) is 10.6 Å². The molecule has 0 radical (unpaired) electrons. The molecule has 1 saturated carbocycles. The van der Waals surface area contributed by atoms with E-state index in [1.54, 1.807) is 48.4 Å². The van der Waals surface area contributed by atoms with E-state index in [4.69, 9.17) is 9.47 Å². The molecule has 3 aromatic heterocycles. The number of H-pyrrole nitrogens is 1. The lowest BCUT2D eigenvalue weighted by atomic mass is 9.59. The molecule has 1 unspecified atom stereocenters. The molecule has 360 valence electrons. The smallest absolute Gasteiger partial charge is 0.287 e.